The molecule has 0 aliphatic heterocycles. The molecule has 1 aromatic heterocycles. The number of ether oxygens (including phenoxy) is 3. The van der Waals surface area contributed by atoms with Crippen LogP contribution in [0.4, 0.5) is 4.79 Å². The Labute approximate surface area is 329 Å². The first-order valence-corrected chi connectivity index (χ1v) is 18.2. The van der Waals surface area contributed by atoms with Gasteiger partial charge < -0.3 is 29.4 Å². The Bertz CT molecular complexity index is 2350. The molecule has 3 amide bonds. The van der Waals surface area contributed by atoms with E-state index in [0.29, 0.717) is 23.3 Å². The predicted octanol–water partition coefficient (Wildman–Crippen LogP) is 6.09. The molecule has 290 valence electrons. The standard InChI is InChI=1S/C44H42N6O7/c1-50-38-22-19-34(25-36(38)47-41(50)33-17-15-32(16-18-33)40(45)49-44(54)57-28-31-11-7-4-8-12-31)42(52)48-37(26-39(51)56-27-30-9-5-3-6-10-30)43(53)46-24-23-29-13-20-35(55-2)21-14-29/h3-22,25,37H,23-24,26-28H2,1-2H3,(H,46,53)(H,48,52)(H2,45,49,54). The van der Waals surface area contributed by atoms with Crippen molar-refractivity contribution in [2.75, 3.05) is 13.7 Å². The number of amidine groups is 1. The van der Waals surface area contributed by atoms with Crippen molar-refractivity contribution in [3.63, 3.8) is 0 Å². The molecule has 5 aromatic carbocycles. The first-order valence-electron chi connectivity index (χ1n) is 18.2. The number of aromatic nitrogens is 2. The number of carbonyl (C=O) groups is 4. The lowest BCUT2D eigenvalue weighted by molar-refractivity contribution is -0.147. The van der Waals surface area contributed by atoms with E-state index in [4.69, 9.17) is 24.6 Å². The summed E-state index contributed by atoms with van der Waals surface area (Å²) in [5.74, 6) is -0.515. The molecule has 0 spiro atoms. The van der Waals surface area contributed by atoms with Gasteiger partial charge >= 0.3 is 12.1 Å². The fraction of sp³-hybridized carbons (Fsp3) is 0.182. The summed E-state index contributed by atoms with van der Waals surface area (Å²) in [6.45, 7) is 0.393. The SMILES string of the molecule is COc1ccc(CCNC(=O)C(CC(=O)OCc2ccccc2)NC(=O)c2ccc3c(c2)nc(-c2ccc(C(=N)NC(=O)OCc4ccccc4)cc2)n3C)cc1. The van der Waals surface area contributed by atoms with E-state index in [2.05, 4.69) is 16.0 Å². The number of aryl methyl sites for hydroxylation is 1. The molecule has 57 heavy (non-hydrogen) atoms. The monoisotopic (exact) mass is 766 g/mol. The highest BCUT2D eigenvalue weighted by atomic mass is 16.5. The van der Waals surface area contributed by atoms with Crippen LogP contribution in [0.2, 0.25) is 0 Å². The van der Waals surface area contributed by atoms with Crippen LogP contribution in [0.3, 0.4) is 0 Å². The van der Waals surface area contributed by atoms with Crippen LogP contribution in [0.5, 0.6) is 5.75 Å². The number of methoxy groups -OCH3 is 1. The average Bonchev–Trinajstić information content (AvgIpc) is 3.57. The third kappa shape index (κ3) is 10.7. The van der Waals surface area contributed by atoms with E-state index >= 15 is 0 Å². The maximum atomic E-state index is 13.6. The summed E-state index contributed by atoms with van der Waals surface area (Å²) in [6.07, 6.45) is -0.580. The van der Waals surface area contributed by atoms with E-state index < -0.39 is 29.9 Å². The Morgan fingerprint density at radius 2 is 1.39 bits per heavy atom. The second-order valence-electron chi connectivity index (χ2n) is 13.1. The van der Waals surface area contributed by atoms with Crippen molar-refractivity contribution in [2.24, 2.45) is 7.05 Å². The number of hydrogen-bond donors (Lipinski definition) is 4. The highest BCUT2D eigenvalue weighted by Crippen LogP contribution is 2.25. The molecule has 0 saturated carbocycles. The third-order valence-electron chi connectivity index (χ3n) is 9.12. The molecular weight excluding hydrogens is 725 g/mol. The quantitative estimate of drug-likeness (QED) is 0.0552. The zero-order chi connectivity index (χ0) is 40.1. The van der Waals surface area contributed by atoms with E-state index in [9.17, 15) is 19.2 Å². The highest BCUT2D eigenvalue weighted by molar-refractivity contribution is 6.05. The van der Waals surface area contributed by atoms with Gasteiger partial charge in [-0.05, 0) is 53.4 Å². The molecule has 6 aromatic rings. The van der Waals surface area contributed by atoms with E-state index in [-0.39, 0.29) is 37.6 Å². The van der Waals surface area contributed by atoms with Gasteiger partial charge in [0.15, 0.2) is 0 Å². The maximum absolute atomic E-state index is 13.6. The summed E-state index contributed by atoms with van der Waals surface area (Å²) < 4.78 is 17.7. The van der Waals surface area contributed by atoms with Gasteiger partial charge in [0.2, 0.25) is 5.91 Å². The van der Waals surface area contributed by atoms with E-state index in [1.54, 1.807) is 49.6 Å². The van der Waals surface area contributed by atoms with Crippen molar-refractivity contribution in [2.45, 2.75) is 32.1 Å². The largest absolute Gasteiger partial charge is 0.497 e. The van der Waals surface area contributed by atoms with Gasteiger partial charge in [-0.15, -0.1) is 0 Å². The molecule has 6 rings (SSSR count). The van der Waals surface area contributed by atoms with Crippen molar-refractivity contribution in [3.8, 4) is 17.1 Å². The summed E-state index contributed by atoms with van der Waals surface area (Å²) in [5, 5.41) is 16.4. The first kappa shape index (κ1) is 39.4. The molecule has 0 saturated heterocycles. The topological polar surface area (TPSA) is 174 Å². The van der Waals surface area contributed by atoms with Gasteiger partial charge in [0.25, 0.3) is 5.91 Å². The number of fused-ring (bicyclic) bond motifs is 1. The number of benzene rings is 5. The zero-order valence-corrected chi connectivity index (χ0v) is 31.5. The van der Waals surface area contributed by atoms with Gasteiger partial charge in [0.05, 0.1) is 24.6 Å². The van der Waals surface area contributed by atoms with Crippen LogP contribution in [0.15, 0.2) is 127 Å². The first-order chi connectivity index (χ1) is 27.7. The van der Waals surface area contributed by atoms with Crippen molar-refractivity contribution in [1.29, 1.82) is 5.41 Å². The van der Waals surface area contributed by atoms with E-state index in [1.165, 1.54) is 0 Å². The minimum Gasteiger partial charge on any atom is -0.497 e. The summed E-state index contributed by atoms with van der Waals surface area (Å²) in [5.41, 5.74) is 5.34. The number of esters is 1. The molecule has 1 atom stereocenters. The van der Waals surface area contributed by atoms with E-state index in [1.807, 2.05) is 96.5 Å². The smallest absolute Gasteiger partial charge is 0.413 e. The van der Waals surface area contributed by atoms with Crippen molar-refractivity contribution in [3.05, 3.63) is 155 Å². The number of alkyl carbamates (subject to hydrolysis) is 1. The molecule has 13 nitrogen and oxygen atoms in total. The summed E-state index contributed by atoms with van der Waals surface area (Å²) >= 11 is 0. The van der Waals surface area contributed by atoms with E-state index in [0.717, 1.165) is 33.5 Å². The Morgan fingerprint density at radius 3 is 2.04 bits per heavy atom. The third-order valence-corrected chi connectivity index (χ3v) is 9.12. The molecule has 4 N–H and O–H groups in total. The summed E-state index contributed by atoms with van der Waals surface area (Å²) in [4.78, 5) is 57.0. The lowest BCUT2D eigenvalue weighted by atomic mass is 10.1. The average molecular weight is 767 g/mol. The van der Waals surface area contributed by atoms with Crippen LogP contribution in [-0.4, -0.2) is 59.0 Å². The van der Waals surface area contributed by atoms with Gasteiger partial charge in [-0.1, -0.05) is 97.1 Å². The zero-order valence-electron chi connectivity index (χ0n) is 31.5. The normalized spacial score (nSPS) is 11.3. The van der Waals surface area contributed by atoms with Crippen LogP contribution >= 0.6 is 0 Å². The number of amides is 3. The second kappa shape index (κ2) is 18.8. The van der Waals surface area contributed by atoms with Gasteiger partial charge in [0.1, 0.15) is 36.7 Å². The minimum atomic E-state index is -1.20. The summed E-state index contributed by atoms with van der Waals surface area (Å²) in [6, 6.07) is 36.7. The Kier molecular flexibility index (Phi) is 13.0. The van der Waals surface area contributed by atoms with Crippen molar-refractivity contribution < 1.29 is 33.4 Å². The molecule has 1 heterocycles. The summed E-state index contributed by atoms with van der Waals surface area (Å²) in [7, 11) is 3.43. The van der Waals surface area contributed by atoms with Gasteiger partial charge in [-0.25, -0.2) is 9.78 Å². The van der Waals surface area contributed by atoms with Crippen LogP contribution in [0, 0.1) is 5.41 Å². The maximum Gasteiger partial charge on any atom is 0.413 e. The highest BCUT2D eigenvalue weighted by Gasteiger charge is 2.26. The number of imidazole rings is 1. The molecule has 0 aliphatic rings. The number of nitrogens with zero attached hydrogens (tertiary/aromatic N) is 2. The Balaban J connectivity index is 1.10. The molecule has 1 unspecified atom stereocenters. The number of nitrogens with one attached hydrogen (secondary N) is 4. The van der Waals surface area contributed by atoms with Gasteiger partial charge in [-0.3, -0.25) is 25.1 Å². The van der Waals surface area contributed by atoms with Crippen LogP contribution in [-0.2, 0) is 45.7 Å². The van der Waals surface area contributed by atoms with Crippen molar-refractivity contribution >= 4 is 40.7 Å². The lowest BCUT2D eigenvalue weighted by Gasteiger charge is -2.18. The van der Waals surface area contributed by atoms with Gasteiger partial charge in [-0.2, -0.15) is 0 Å². The Hall–Kier alpha value is -7.28. The number of rotatable bonds is 15. The lowest BCUT2D eigenvalue weighted by Crippen LogP contribution is -2.48. The molecule has 13 heteroatoms. The second-order valence-corrected chi connectivity index (χ2v) is 13.1. The molecule has 0 bridgehead atoms. The van der Waals surface area contributed by atoms with Crippen molar-refractivity contribution in [1.82, 2.24) is 25.5 Å². The Morgan fingerprint density at radius 1 is 0.754 bits per heavy atom. The molecule has 0 aliphatic carbocycles. The van der Waals surface area contributed by atoms with Crippen LogP contribution in [0.1, 0.15) is 39.0 Å². The van der Waals surface area contributed by atoms with Crippen LogP contribution in [0.25, 0.3) is 22.4 Å². The van der Waals surface area contributed by atoms with Gasteiger partial charge in [0, 0.05) is 30.3 Å². The fourth-order valence-electron chi connectivity index (χ4n) is 5.98. The minimum absolute atomic E-state index is 0.0318. The fourth-order valence-corrected chi connectivity index (χ4v) is 5.98. The molecule has 0 fully saturated rings. The molecular formula is C44H42N6O7. The molecule has 0 radical (unpaired) electrons. The van der Waals surface area contributed by atoms with Crippen LogP contribution < -0.4 is 20.7 Å². The number of hydrogen-bond acceptors (Lipinski definition) is 9. The number of carbonyl (C=O) groups excluding carboxylic acids is 4. The predicted molar refractivity (Wildman–Crippen MR) is 215 cm³/mol.